The second-order valence-corrected chi connectivity index (χ2v) is 3.85. The molecule has 0 aliphatic rings. The highest BCUT2D eigenvalue weighted by Gasteiger charge is 2.13. The average Bonchev–Trinajstić information content (AvgIpc) is 2.94. The van der Waals surface area contributed by atoms with Gasteiger partial charge < -0.3 is 14.3 Å². The molecular weight excluding hydrogens is 244 g/mol. The molecule has 0 saturated heterocycles. The Kier molecular flexibility index (Phi) is 3.20. The van der Waals surface area contributed by atoms with Crippen molar-refractivity contribution >= 4 is 23.4 Å². The molecule has 0 radical (unpaired) electrons. The van der Waals surface area contributed by atoms with Crippen molar-refractivity contribution in [1.82, 2.24) is 10.2 Å². The van der Waals surface area contributed by atoms with E-state index in [2.05, 4.69) is 10.2 Å². The third-order valence-corrected chi connectivity index (χ3v) is 2.74. The molecular formula is C10H8N2O4S. The lowest BCUT2D eigenvalue weighted by Gasteiger charge is -1.95. The molecule has 6 nitrogen and oxygen atoms in total. The molecule has 0 fully saturated rings. The van der Waals surface area contributed by atoms with Crippen LogP contribution in [0.2, 0.25) is 0 Å². The molecule has 1 N–H and O–H groups in total. The van der Waals surface area contributed by atoms with Crippen LogP contribution >= 0.6 is 11.3 Å². The van der Waals surface area contributed by atoms with Gasteiger partial charge in [-0.25, -0.2) is 4.79 Å². The van der Waals surface area contributed by atoms with Crippen LogP contribution < -0.4 is 4.74 Å². The van der Waals surface area contributed by atoms with Crippen molar-refractivity contribution in [3.63, 3.8) is 0 Å². The minimum Gasteiger partial charge on any atom is -0.495 e. The first-order valence-corrected chi connectivity index (χ1v) is 5.45. The summed E-state index contributed by atoms with van der Waals surface area (Å²) in [5.74, 6) is 0.0191. The van der Waals surface area contributed by atoms with E-state index in [-0.39, 0.29) is 5.89 Å². The first kappa shape index (κ1) is 11.3. The Morgan fingerprint density at radius 2 is 2.41 bits per heavy atom. The highest BCUT2D eigenvalue weighted by molar-refractivity contribution is 7.13. The maximum atomic E-state index is 10.3. The summed E-state index contributed by atoms with van der Waals surface area (Å²) in [6.45, 7) is 0. The number of aromatic nitrogens is 2. The normalized spacial score (nSPS) is 10.9. The maximum absolute atomic E-state index is 10.3. The van der Waals surface area contributed by atoms with Gasteiger partial charge in [0, 0.05) is 12.2 Å². The summed E-state index contributed by atoms with van der Waals surface area (Å²) < 4.78 is 10.4. The molecule has 0 spiro atoms. The Bertz CT molecular complexity index is 558. The third kappa shape index (κ3) is 2.51. The van der Waals surface area contributed by atoms with Gasteiger partial charge in [-0.1, -0.05) is 0 Å². The number of hydrogen-bond acceptors (Lipinski definition) is 6. The van der Waals surface area contributed by atoms with Gasteiger partial charge in [0.2, 0.25) is 5.89 Å². The van der Waals surface area contributed by atoms with Gasteiger partial charge >= 0.3 is 5.97 Å². The van der Waals surface area contributed by atoms with Crippen LogP contribution in [0.5, 0.6) is 5.75 Å². The van der Waals surface area contributed by atoms with Crippen molar-refractivity contribution in [2.75, 3.05) is 7.11 Å². The molecule has 0 saturated carbocycles. The summed E-state index contributed by atoms with van der Waals surface area (Å²) in [5, 5.41) is 17.8. The number of thiophene rings is 1. The minimum atomic E-state index is -1.07. The number of hydrogen-bond donors (Lipinski definition) is 1. The second-order valence-electron chi connectivity index (χ2n) is 2.94. The Balaban J connectivity index is 2.27. The fourth-order valence-corrected chi connectivity index (χ4v) is 1.93. The molecule has 2 aromatic heterocycles. The molecule has 0 aliphatic carbocycles. The molecule has 7 heteroatoms. The number of rotatable bonds is 4. The van der Waals surface area contributed by atoms with Gasteiger partial charge in [0.25, 0.3) is 5.89 Å². The topological polar surface area (TPSA) is 85.5 Å². The molecule has 0 atom stereocenters. The number of carboxylic acids is 1. The average molecular weight is 252 g/mol. The molecule has 0 aliphatic heterocycles. The summed E-state index contributed by atoms with van der Waals surface area (Å²) in [7, 11) is 1.55. The zero-order valence-corrected chi connectivity index (χ0v) is 9.60. The summed E-state index contributed by atoms with van der Waals surface area (Å²) in [6, 6.07) is 1.79. The van der Waals surface area contributed by atoms with E-state index >= 15 is 0 Å². The number of aliphatic carboxylic acids is 1. The smallest absolute Gasteiger partial charge is 0.328 e. The molecule has 88 valence electrons. The van der Waals surface area contributed by atoms with Gasteiger partial charge in [-0.3, -0.25) is 0 Å². The molecule has 2 heterocycles. The van der Waals surface area contributed by atoms with E-state index in [9.17, 15) is 4.79 Å². The lowest BCUT2D eigenvalue weighted by molar-refractivity contribution is -0.131. The molecule has 0 amide bonds. The quantitative estimate of drug-likeness (QED) is 0.836. The summed E-state index contributed by atoms with van der Waals surface area (Å²) in [4.78, 5) is 11.0. The van der Waals surface area contributed by atoms with Crippen LogP contribution in [-0.4, -0.2) is 28.4 Å². The van der Waals surface area contributed by atoms with Crippen molar-refractivity contribution in [1.29, 1.82) is 0 Å². The van der Waals surface area contributed by atoms with E-state index in [4.69, 9.17) is 14.3 Å². The fraction of sp³-hybridized carbons (Fsp3) is 0.100. The van der Waals surface area contributed by atoms with Gasteiger partial charge in [-0.2, -0.15) is 0 Å². The van der Waals surface area contributed by atoms with E-state index in [1.807, 2.05) is 5.38 Å². The van der Waals surface area contributed by atoms with Gasteiger partial charge in [-0.15, -0.1) is 21.5 Å². The lowest BCUT2D eigenvalue weighted by atomic mass is 10.4. The van der Waals surface area contributed by atoms with E-state index in [0.717, 1.165) is 11.0 Å². The molecule has 0 unspecified atom stereocenters. The van der Waals surface area contributed by atoms with Crippen LogP contribution in [0.25, 0.3) is 16.8 Å². The number of methoxy groups -OCH3 is 1. The van der Waals surface area contributed by atoms with Crippen molar-refractivity contribution < 1.29 is 19.1 Å². The van der Waals surface area contributed by atoms with E-state index in [0.29, 0.717) is 11.6 Å². The Hall–Kier alpha value is -2.15. The first-order valence-electron chi connectivity index (χ1n) is 4.57. The molecule has 0 aromatic carbocycles. The van der Waals surface area contributed by atoms with Crippen LogP contribution in [-0.2, 0) is 4.79 Å². The summed E-state index contributed by atoms with van der Waals surface area (Å²) in [5.41, 5.74) is 0. The number of carboxylic acid groups (broad SMARTS) is 1. The van der Waals surface area contributed by atoms with Crippen LogP contribution in [0.15, 0.2) is 21.9 Å². The van der Waals surface area contributed by atoms with E-state index in [1.54, 1.807) is 13.2 Å². The van der Waals surface area contributed by atoms with E-state index < -0.39 is 5.97 Å². The molecule has 2 rings (SSSR count). The molecule has 17 heavy (non-hydrogen) atoms. The first-order chi connectivity index (χ1) is 8.20. The molecule has 0 bridgehead atoms. The number of nitrogens with zero attached hydrogens (tertiary/aromatic N) is 2. The minimum absolute atomic E-state index is 0.137. The third-order valence-electron chi connectivity index (χ3n) is 1.85. The highest BCUT2D eigenvalue weighted by Crippen LogP contribution is 2.34. The zero-order chi connectivity index (χ0) is 12.3. The number of ether oxygens (including phenoxy) is 1. The standard InChI is InChI=1S/C10H8N2O4S/c1-15-6-4-5-17-9(6)10-12-11-7(16-10)2-3-8(13)14/h2-5H,1H3,(H,13,14)/b3-2+. The Labute approximate surface area is 100 Å². The van der Waals surface area contributed by atoms with Crippen LogP contribution in [0.3, 0.4) is 0 Å². The predicted molar refractivity (Wildman–Crippen MR) is 60.8 cm³/mol. The lowest BCUT2D eigenvalue weighted by Crippen LogP contribution is -1.85. The van der Waals surface area contributed by atoms with Crippen molar-refractivity contribution in [2.24, 2.45) is 0 Å². The molecule has 2 aromatic rings. The Morgan fingerprint density at radius 1 is 1.59 bits per heavy atom. The van der Waals surface area contributed by atoms with Crippen molar-refractivity contribution in [2.45, 2.75) is 0 Å². The van der Waals surface area contributed by atoms with Gasteiger partial charge in [0.05, 0.1) is 7.11 Å². The fourth-order valence-electron chi connectivity index (χ4n) is 1.15. The van der Waals surface area contributed by atoms with Crippen molar-refractivity contribution in [3.8, 4) is 16.5 Å². The second kappa shape index (κ2) is 4.79. The zero-order valence-electron chi connectivity index (χ0n) is 8.78. The number of carbonyl (C=O) groups is 1. The maximum Gasteiger partial charge on any atom is 0.328 e. The van der Waals surface area contributed by atoms with Gasteiger partial charge in [-0.05, 0) is 11.4 Å². The summed E-state index contributed by atoms with van der Waals surface area (Å²) in [6.07, 6.45) is 2.17. The largest absolute Gasteiger partial charge is 0.495 e. The monoisotopic (exact) mass is 252 g/mol. The Morgan fingerprint density at radius 3 is 3.12 bits per heavy atom. The SMILES string of the molecule is COc1ccsc1-c1nnc(/C=C/C(=O)O)o1. The van der Waals surface area contributed by atoms with Crippen LogP contribution in [0.4, 0.5) is 0 Å². The highest BCUT2D eigenvalue weighted by atomic mass is 32.1. The van der Waals surface area contributed by atoms with Crippen LogP contribution in [0, 0.1) is 0 Å². The van der Waals surface area contributed by atoms with Gasteiger partial charge in [0.15, 0.2) is 0 Å². The van der Waals surface area contributed by atoms with Crippen molar-refractivity contribution in [3.05, 3.63) is 23.4 Å². The van der Waals surface area contributed by atoms with Crippen LogP contribution in [0.1, 0.15) is 5.89 Å². The predicted octanol–water partition coefficient (Wildman–Crippen LogP) is 1.90. The van der Waals surface area contributed by atoms with E-state index in [1.165, 1.54) is 17.4 Å². The van der Waals surface area contributed by atoms with Gasteiger partial charge in [0.1, 0.15) is 10.6 Å². The summed E-state index contributed by atoms with van der Waals surface area (Å²) >= 11 is 1.40.